The molecule has 0 radical (unpaired) electrons. The minimum absolute atomic E-state index is 0.0453. The molecule has 2 aromatic rings. The lowest BCUT2D eigenvalue weighted by atomic mass is 9.86. The predicted molar refractivity (Wildman–Crippen MR) is 83.2 cm³/mol. The lowest BCUT2D eigenvalue weighted by molar-refractivity contribution is 0.0689. The third-order valence-corrected chi connectivity index (χ3v) is 4.21. The van der Waals surface area contributed by atoms with E-state index in [0.717, 1.165) is 29.2 Å². The highest BCUT2D eigenvalue weighted by molar-refractivity contribution is 5.87. The van der Waals surface area contributed by atoms with Gasteiger partial charge in [-0.1, -0.05) is 18.1 Å². The lowest BCUT2D eigenvalue weighted by Crippen LogP contribution is -2.19. The van der Waals surface area contributed by atoms with Crippen LogP contribution in [0.3, 0.4) is 0 Å². The fourth-order valence-electron chi connectivity index (χ4n) is 2.66. The zero-order chi connectivity index (χ0) is 15.7. The van der Waals surface area contributed by atoms with Crippen molar-refractivity contribution in [2.45, 2.75) is 26.2 Å². The topological polar surface area (TPSA) is 64.3 Å². The van der Waals surface area contributed by atoms with Crippen LogP contribution in [-0.2, 0) is 7.05 Å². The Morgan fingerprint density at radius 2 is 2.18 bits per heavy atom. The van der Waals surface area contributed by atoms with Crippen LogP contribution in [0.1, 0.15) is 35.3 Å². The van der Waals surface area contributed by atoms with Gasteiger partial charge < -0.3 is 9.84 Å². The molecule has 0 unspecified atom stereocenters. The lowest BCUT2D eigenvalue weighted by Gasteiger charge is -2.25. The summed E-state index contributed by atoms with van der Waals surface area (Å²) in [4.78, 5) is 11.1. The van der Waals surface area contributed by atoms with E-state index < -0.39 is 5.97 Å². The van der Waals surface area contributed by atoms with Crippen LogP contribution in [0.5, 0.6) is 5.75 Å². The summed E-state index contributed by atoms with van der Waals surface area (Å²) in [5, 5.41) is 13.1. The second kappa shape index (κ2) is 5.83. The summed E-state index contributed by atoms with van der Waals surface area (Å²) < 4.78 is 7.58. The molecule has 1 aliphatic carbocycles. The average Bonchev–Trinajstić information content (AvgIpc) is 2.81. The Labute approximate surface area is 129 Å². The van der Waals surface area contributed by atoms with Gasteiger partial charge in [-0.2, -0.15) is 5.10 Å². The van der Waals surface area contributed by atoms with Gasteiger partial charge in [-0.3, -0.25) is 4.68 Å². The van der Waals surface area contributed by atoms with E-state index in [2.05, 4.69) is 5.10 Å². The Balaban J connectivity index is 1.93. The van der Waals surface area contributed by atoms with Crippen LogP contribution < -0.4 is 4.74 Å². The molecule has 1 saturated carbocycles. The van der Waals surface area contributed by atoms with Gasteiger partial charge in [-0.15, -0.1) is 0 Å². The fourth-order valence-corrected chi connectivity index (χ4v) is 2.66. The molecular formula is C17H20N2O3. The number of aryl methyl sites for hydroxylation is 2. The summed E-state index contributed by atoms with van der Waals surface area (Å²) in [7, 11) is 1.75. The molecule has 116 valence electrons. The first-order chi connectivity index (χ1) is 10.5. The molecule has 1 heterocycles. The van der Waals surface area contributed by atoms with Gasteiger partial charge in [0.25, 0.3) is 0 Å². The van der Waals surface area contributed by atoms with Crippen LogP contribution in [0.4, 0.5) is 0 Å². The van der Waals surface area contributed by atoms with Gasteiger partial charge in [0.15, 0.2) is 5.69 Å². The third kappa shape index (κ3) is 2.84. The molecule has 5 heteroatoms. The highest BCUT2D eigenvalue weighted by atomic mass is 16.5. The molecule has 1 aromatic carbocycles. The summed E-state index contributed by atoms with van der Waals surface area (Å²) in [5.41, 5.74) is 2.79. The summed E-state index contributed by atoms with van der Waals surface area (Å²) in [6, 6.07) is 7.57. The molecule has 22 heavy (non-hydrogen) atoms. The van der Waals surface area contributed by atoms with Crippen LogP contribution in [0.25, 0.3) is 11.3 Å². The first-order valence-electron chi connectivity index (χ1n) is 7.56. The maximum Gasteiger partial charge on any atom is 0.356 e. The van der Waals surface area contributed by atoms with E-state index >= 15 is 0 Å². The van der Waals surface area contributed by atoms with Crippen LogP contribution in [0.2, 0.25) is 0 Å². The van der Waals surface area contributed by atoms with E-state index in [4.69, 9.17) is 9.84 Å². The summed E-state index contributed by atoms with van der Waals surface area (Å²) in [6.07, 6.45) is 3.75. The van der Waals surface area contributed by atoms with Crippen molar-refractivity contribution in [1.82, 2.24) is 9.78 Å². The Hall–Kier alpha value is -2.30. The molecular weight excluding hydrogens is 280 g/mol. The van der Waals surface area contributed by atoms with Gasteiger partial charge in [0.1, 0.15) is 5.75 Å². The minimum atomic E-state index is -1.02. The average molecular weight is 300 g/mol. The number of hydrogen-bond donors (Lipinski definition) is 1. The standard InChI is InChI=1S/C17H20N2O3/c1-11-6-7-16(22-10-12-4-3-5-12)13(8-11)15-9-14(17(20)21)18-19(15)2/h6-9,12H,3-5,10H2,1-2H3,(H,20,21). The number of aromatic nitrogens is 2. The number of nitrogens with zero attached hydrogens (tertiary/aromatic N) is 2. The van der Waals surface area contributed by atoms with Crippen LogP contribution in [0, 0.1) is 12.8 Å². The summed E-state index contributed by atoms with van der Waals surface area (Å²) >= 11 is 0. The van der Waals surface area contributed by atoms with Crippen molar-refractivity contribution < 1.29 is 14.6 Å². The van der Waals surface area contributed by atoms with Crippen LogP contribution >= 0.6 is 0 Å². The quantitative estimate of drug-likeness (QED) is 0.920. The van der Waals surface area contributed by atoms with E-state index in [-0.39, 0.29) is 5.69 Å². The number of carboxylic acid groups (broad SMARTS) is 1. The number of carbonyl (C=O) groups is 1. The number of carboxylic acids is 1. The van der Waals surface area contributed by atoms with Gasteiger partial charge in [-0.05, 0) is 43.9 Å². The Morgan fingerprint density at radius 3 is 2.77 bits per heavy atom. The van der Waals surface area contributed by atoms with Gasteiger partial charge in [0.05, 0.1) is 12.3 Å². The number of hydrogen-bond acceptors (Lipinski definition) is 3. The second-order valence-electron chi connectivity index (χ2n) is 5.95. The molecule has 0 atom stereocenters. The molecule has 0 saturated heterocycles. The highest BCUT2D eigenvalue weighted by Crippen LogP contribution is 2.33. The number of benzene rings is 1. The number of ether oxygens (including phenoxy) is 1. The van der Waals surface area contributed by atoms with Gasteiger partial charge in [-0.25, -0.2) is 4.79 Å². The third-order valence-electron chi connectivity index (χ3n) is 4.21. The van der Waals surface area contributed by atoms with Crippen LogP contribution in [0.15, 0.2) is 24.3 Å². The van der Waals surface area contributed by atoms with E-state index in [1.807, 2.05) is 25.1 Å². The van der Waals surface area contributed by atoms with Crippen molar-refractivity contribution in [2.24, 2.45) is 13.0 Å². The van der Waals surface area contributed by atoms with E-state index in [1.165, 1.54) is 19.3 Å². The summed E-state index contributed by atoms with van der Waals surface area (Å²) in [5.74, 6) is 0.416. The van der Waals surface area contributed by atoms with Crippen molar-refractivity contribution in [2.75, 3.05) is 6.61 Å². The molecule has 3 rings (SSSR count). The zero-order valence-corrected chi connectivity index (χ0v) is 12.9. The van der Waals surface area contributed by atoms with Crippen molar-refractivity contribution in [3.8, 4) is 17.0 Å². The molecule has 1 aromatic heterocycles. The Morgan fingerprint density at radius 1 is 1.41 bits per heavy atom. The van der Waals surface area contributed by atoms with Crippen LogP contribution in [-0.4, -0.2) is 27.5 Å². The first kappa shape index (κ1) is 14.6. The number of aromatic carboxylic acids is 1. The monoisotopic (exact) mass is 300 g/mol. The fraction of sp³-hybridized carbons (Fsp3) is 0.412. The molecule has 0 bridgehead atoms. The van der Waals surface area contributed by atoms with E-state index in [1.54, 1.807) is 17.8 Å². The van der Waals surface area contributed by atoms with E-state index in [9.17, 15) is 4.79 Å². The largest absolute Gasteiger partial charge is 0.493 e. The zero-order valence-electron chi connectivity index (χ0n) is 12.9. The van der Waals surface area contributed by atoms with Crippen molar-refractivity contribution in [1.29, 1.82) is 0 Å². The number of rotatable bonds is 5. The molecule has 1 aliphatic rings. The van der Waals surface area contributed by atoms with Crippen molar-refractivity contribution in [3.05, 3.63) is 35.5 Å². The highest BCUT2D eigenvalue weighted by Gasteiger charge is 2.20. The van der Waals surface area contributed by atoms with Gasteiger partial charge in [0.2, 0.25) is 0 Å². The van der Waals surface area contributed by atoms with Gasteiger partial charge >= 0.3 is 5.97 Å². The molecule has 1 N–H and O–H groups in total. The van der Waals surface area contributed by atoms with Crippen molar-refractivity contribution in [3.63, 3.8) is 0 Å². The second-order valence-corrected chi connectivity index (χ2v) is 5.95. The van der Waals surface area contributed by atoms with Crippen molar-refractivity contribution >= 4 is 5.97 Å². The SMILES string of the molecule is Cc1ccc(OCC2CCC2)c(-c2cc(C(=O)O)nn2C)c1. The summed E-state index contributed by atoms with van der Waals surface area (Å²) in [6.45, 7) is 2.73. The molecule has 0 spiro atoms. The molecule has 5 nitrogen and oxygen atoms in total. The minimum Gasteiger partial charge on any atom is -0.493 e. The smallest absolute Gasteiger partial charge is 0.356 e. The molecule has 0 aliphatic heterocycles. The first-order valence-corrected chi connectivity index (χ1v) is 7.56. The predicted octanol–water partition coefficient (Wildman–Crippen LogP) is 3.27. The Bertz CT molecular complexity index is 702. The molecule has 0 amide bonds. The Kier molecular flexibility index (Phi) is 3.88. The maximum absolute atomic E-state index is 11.1. The normalized spacial score (nSPS) is 14.6. The maximum atomic E-state index is 11.1. The van der Waals surface area contributed by atoms with E-state index in [0.29, 0.717) is 5.92 Å². The van der Waals surface area contributed by atoms with Gasteiger partial charge in [0, 0.05) is 12.6 Å². The molecule has 1 fully saturated rings.